The van der Waals surface area contributed by atoms with Gasteiger partial charge in [-0.3, -0.25) is 19.9 Å². The highest BCUT2D eigenvalue weighted by atomic mass is 32.1. The molecule has 1 aromatic carbocycles. The first-order chi connectivity index (χ1) is 15.2. The average Bonchev–Trinajstić information content (AvgIpc) is 3.51. The molecule has 0 spiro atoms. The number of thiazole rings is 1. The third kappa shape index (κ3) is 4.19. The van der Waals surface area contributed by atoms with Gasteiger partial charge in [0.25, 0.3) is 5.91 Å². The van der Waals surface area contributed by atoms with Gasteiger partial charge in [-0.05, 0) is 31.4 Å². The number of pyridine rings is 1. The van der Waals surface area contributed by atoms with Crippen LogP contribution in [0.1, 0.15) is 60.5 Å². The summed E-state index contributed by atoms with van der Waals surface area (Å²) in [5, 5.41) is 6.14. The van der Waals surface area contributed by atoms with Gasteiger partial charge in [-0.1, -0.05) is 37.5 Å². The molecule has 1 N–H and O–H groups in total. The quantitative estimate of drug-likeness (QED) is 0.638. The average molecular weight is 435 g/mol. The maximum Gasteiger partial charge on any atom is 0.258 e. The van der Waals surface area contributed by atoms with Crippen molar-refractivity contribution in [3.63, 3.8) is 0 Å². The molecular formula is C24H26N4O2S. The molecule has 1 aliphatic heterocycles. The largest absolute Gasteiger partial charge is 0.342 e. The molecule has 160 valence electrons. The fraction of sp³-hybridized carbons (Fsp3) is 0.417. The molecule has 1 saturated carbocycles. The number of para-hydroxylation sites is 1. The second-order valence-corrected chi connectivity index (χ2v) is 9.40. The molecule has 1 aliphatic carbocycles. The summed E-state index contributed by atoms with van der Waals surface area (Å²) in [7, 11) is 0. The molecule has 6 nitrogen and oxygen atoms in total. The lowest BCUT2D eigenvalue weighted by Gasteiger charge is -2.26. The van der Waals surface area contributed by atoms with E-state index in [4.69, 9.17) is 4.98 Å². The molecule has 1 unspecified atom stereocenters. The van der Waals surface area contributed by atoms with E-state index < -0.39 is 0 Å². The van der Waals surface area contributed by atoms with Crippen molar-refractivity contribution in [1.29, 1.82) is 0 Å². The molecule has 2 fully saturated rings. The van der Waals surface area contributed by atoms with Crippen LogP contribution in [0.15, 0.2) is 41.9 Å². The number of carbonyl (C=O) groups excluding carboxylic acids is 2. The molecule has 31 heavy (non-hydrogen) atoms. The zero-order valence-corrected chi connectivity index (χ0v) is 18.2. The van der Waals surface area contributed by atoms with Crippen LogP contribution in [-0.2, 0) is 4.79 Å². The Morgan fingerprint density at radius 1 is 1.10 bits per heavy atom. The first kappa shape index (κ1) is 20.1. The Balaban J connectivity index is 1.40. The molecule has 2 aromatic heterocycles. The van der Waals surface area contributed by atoms with Crippen LogP contribution in [0.2, 0.25) is 0 Å². The number of likely N-dealkylation sites (tertiary alicyclic amines) is 1. The highest BCUT2D eigenvalue weighted by molar-refractivity contribution is 7.13. The number of rotatable bonds is 4. The Labute approximate surface area is 185 Å². The molecule has 0 bridgehead atoms. The van der Waals surface area contributed by atoms with Gasteiger partial charge in [0.1, 0.15) is 0 Å². The number of nitrogens with one attached hydrogen (secondary N) is 1. The minimum Gasteiger partial charge on any atom is -0.342 e. The molecule has 2 amide bonds. The van der Waals surface area contributed by atoms with Crippen LogP contribution in [0.4, 0.5) is 5.13 Å². The standard InChI is InChI=1S/C24H26N4O2S/c29-22(27-24-25-11-13-31-24)19-14-21(26-20-9-5-4-8-18(19)20)17-10-12-28(15-17)23(30)16-6-2-1-3-7-16/h4-5,8-9,11,13-14,16-17H,1-3,6-7,10,12,15H2,(H,25,27,29). The van der Waals surface area contributed by atoms with E-state index in [1.807, 2.05) is 40.6 Å². The van der Waals surface area contributed by atoms with Gasteiger partial charge in [-0.15, -0.1) is 11.3 Å². The molecule has 5 rings (SSSR count). The molecule has 7 heteroatoms. The number of fused-ring (bicyclic) bond motifs is 1. The normalized spacial score (nSPS) is 19.6. The van der Waals surface area contributed by atoms with E-state index in [0.29, 0.717) is 23.1 Å². The number of carbonyl (C=O) groups is 2. The second-order valence-electron chi connectivity index (χ2n) is 8.51. The van der Waals surface area contributed by atoms with Crippen molar-refractivity contribution in [1.82, 2.24) is 14.9 Å². The van der Waals surface area contributed by atoms with E-state index in [9.17, 15) is 9.59 Å². The van der Waals surface area contributed by atoms with Gasteiger partial charge in [-0.2, -0.15) is 0 Å². The van der Waals surface area contributed by atoms with Gasteiger partial charge in [0.2, 0.25) is 5.91 Å². The summed E-state index contributed by atoms with van der Waals surface area (Å²) in [5.74, 6) is 0.480. The van der Waals surface area contributed by atoms with E-state index in [2.05, 4.69) is 10.3 Å². The highest BCUT2D eigenvalue weighted by Crippen LogP contribution is 2.32. The lowest BCUT2D eigenvalue weighted by Crippen LogP contribution is -2.35. The van der Waals surface area contributed by atoms with Crippen molar-refractivity contribution in [3.05, 3.63) is 53.2 Å². The van der Waals surface area contributed by atoms with Crippen LogP contribution in [0.25, 0.3) is 10.9 Å². The number of anilines is 1. The molecule has 1 saturated heterocycles. The Hall–Kier alpha value is -2.80. The van der Waals surface area contributed by atoms with Crippen LogP contribution in [0.5, 0.6) is 0 Å². The van der Waals surface area contributed by atoms with Crippen molar-refractivity contribution >= 4 is 39.2 Å². The predicted molar refractivity (Wildman–Crippen MR) is 122 cm³/mol. The van der Waals surface area contributed by atoms with Crippen molar-refractivity contribution in [2.24, 2.45) is 5.92 Å². The summed E-state index contributed by atoms with van der Waals surface area (Å²) in [6.45, 7) is 1.46. The fourth-order valence-corrected chi connectivity index (χ4v) is 5.38. The van der Waals surface area contributed by atoms with E-state index in [0.717, 1.165) is 55.2 Å². The van der Waals surface area contributed by atoms with Gasteiger partial charge in [-0.25, -0.2) is 4.98 Å². The van der Waals surface area contributed by atoms with Crippen molar-refractivity contribution < 1.29 is 9.59 Å². The van der Waals surface area contributed by atoms with Crippen molar-refractivity contribution in [3.8, 4) is 0 Å². The molecule has 2 aliphatic rings. The maximum absolute atomic E-state index is 13.0. The highest BCUT2D eigenvalue weighted by Gasteiger charge is 2.33. The van der Waals surface area contributed by atoms with Gasteiger partial charge in [0.15, 0.2) is 5.13 Å². The van der Waals surface area contributed by atoms with Crippen molar-refractivity contribution in [2.45, 2.75) is 44.4 Å². The third-order valence-corrected chi connectivity index (χ3v) is 7.19. The number of amides is 2. The first-order valence-electron chi connectivity index (χ1n) is 11.1. The van der Waals surface area contributed by atoms with Crippen LogP contribution >= 0.6 is 11.3 Å². The SMILES string of the molecule is O=C(Nc1nccs1)c1cc(C2CCN(C(=O)C3CCCCC3)C2)nc2ccccc12. The fourth-order valence-electron chi connectivity index (χ4n) is 4.85. The summed E-state index contributed by atoms with van der Waals surface area (Å²) in [6.07, 6.45) is 8.18. The number of hydrogen-bond acceptors (Lipinski definition) is 5. The first-order valence-corrected chi connectivity index (χ1v) is 12.0. The smallest absolute Gasteiger partial charge is 0.258 e. The monoisotopic (exact) mass is 434 g/mol. The number of nitrogens with zero attached hydrogens (tertiary/aromatic N) is 3. The zero-order valence-electron chi connectivity index (χ0n) is 17.4. The summed E-state index contributed by atoms with van der Waals surface area (Å²) >= 11 is 1.39. The van der Waals surface area contributed by atoms with E-state index in [1.54, 1.807) is 6.20 Å². The minimum atomic E-state index is -0.178. The topological polar surface area (TPSA) is 75.2 Å². The van der Waals surface area contributed by atoms with Crippen molar-refractivity contribution in [2.75, 3.05) is 18.4 Å². The van der Waals surface area contributed by atoms with Crippen LogP contribution in [-0.4, -0.2) is 39.8 Å². The minimum absolute atomic E-state index is 0.156. The third-order valence-electron chi connectivity index (χ3n) is 6.51. The molecule has 1 atom stereocenters. The number of aromatic nitrogens is 2. The Kier molecular flexibility index (Phi) is 5.68. The van der Waals surface area contributed by atoms with E-state index in [1.165, 1.54) is 17.8 Å². The van der Waals surface area contributed by atoms with Crippen LogP contribution in [0, 0.1) is 5.92 Å². The summed E-state index contributed by atoms with van der Waals surface area (Å²) in [5.41, 5.74) is 2.30. The number of hydrogen-bond donors (Lipinski definition) is 1. The van der Waals surface area contributed by atoms with Gasteiger partial charge in [0, 0.05) is 47.6 Å². The summed E-state index contributed by atoms with van der Waals surface area (Å²) in [4.78, 5) is 37.1. The maximum atomic E-state index is 13.0. The van der Waals surface area contributed by atoms with Gasteiger partial charge >= 0.3 is 0 Å². The van der Waals surface area contributed by atoms with Gasteiger partial charge in [0.05, 0.1) is 11.1 Å². The predicted octanol–water partition coefficient (Wildman–Crippen LogP) is 4.84. The Bertz CT molecular complexity index is 1090. The molecule has 3 aromatic rings. The molecular weight excluding hydrogens is 408 g/mol. The van der Waals surface area contributed by atoms with E-state index >= 15 is 0 Å². The lowest BCUT2D eigenvalue weighted by atomic mass is 9.88. The lowest BCUT2D eigenvalue weighted by molar-refractivity contribution is -0.135. The van der Waals surface area contributed by atoms with Crippen LogP contribution < -0.4 is 5.32 Å². The van der Waals surface area contributed by atoms with Gasteiger partial charge < -0.3 is 4.90 Å². The van der Waals surface area contributed by atoms with E-state index in [-0.39, 0.29) is 17.7 Å². The molecule has 3 heterocycles. The number of benzene rings is 1. The zero-order chi connectivity index (χ0) is 21.2. The van der Waals surface area contributed by atoms with Crippen LogP contribution in [0.3, 0.4) is 0 Å². The Morgan fingerprint density at radius 2 is 1.94 bits per heavy atom. The second kappa shape index (κ2) is 8.75. The summed E-state index contributed by atoms with van der Waals surface area (Å²) in [6, 6.07) is 9.64. The Morgan fingerprint density at radius 3 is 2.74 bits per heavy atom. The molecule has 0 radical (unpaired) electrons. The summed E-state index contributed by atoms with van der Waals surface area (Å²) < 4.78 is 0.